The molecule has 6 aromatic rings. The van der Waals surface area contributed by atoms with E-state index in [2.05, 4.69) is 107 Å². The zero-order valence-corrected chi connectivity index (χ0v) is 25.7. The van der Waals surface area contributed by atoms with E-state index in [1.807, 2.05) is 48.5 Å². The predicted molar refractivity (Wildman–Crippen MR) is 166 cm³/mol. The molecule has 10 nitrogen and oxygen atoms in total. The number of rotatable bonds is 4. The fourth-order valence-electron chi connectivity index (χ4n) is 4.05. The normalized spacial score (nSPS) is 11.0. The van der Waals surface area contributed by atoms with Crippen LogP contribution in [0.2, 0.25) is 0 Å². The summed E-state index contributed by atoms with van der Waals surface area (Å²) in [6, 6.07) is 6.03. The first-order valence-electron chi connectivity index (χ1n) is 14.1. The summed E-state index contributed by atoms with van der Waals surface area (Å²) in [5, 5.41) is 14.5. The summed E-state index contributed by atoms with van der Waals surface area (Å²) in [6.07, 6.45) is 12.7. The highest BCUT2D eigenvalue weighted by Gasteiger charge is 2.09. The molecule has 6 aromatic heterocycles. The number of aromatic amines is 3. The van der Waals surface area contributed by atoms with Crippen LogP contribution in [0.1, 0.15) is 102 Å². The van der Waals surface area contributed by atoms with Crippen LogP contribution in [0.3, 0.4) is 0 Å². The van der Waals surface area contributed by atoms with Gasteiger partial charge in [0.25, 0.3) is 0 Å². The van der Waals surface area contributed by atoms with E-state index in [4.69, 9.17) is 0 Å². The number of fused-ring (bicyclic) bond motifs is 2. The average Bonchev–Trinajstić information content (AvgIpc) is 3.76. The fourth-order valence-corrected chi connectivity index (χ4v) is 4.05. The summed E-state index contributed by atoms with van der Waals surface area (Å²) >= 11 is 0. The Hall–Kier alpha value is -4.34. The van der Waals surface area contributed by atoms with Gasteiger partial charge in [-0.1, -0.05) is 55.4 Å². The molecule has 3 N–H and O–H groups in total. The lowest BCUT2D eigenvalue weighted by atomic mass is 10.1. The molecule has 0 saturated carbocycles. The predicted octanol–water partition coefficient (Wildman–Crippen LogP) is 7.24. The second kappa shape index (κ2) is 14.9. The molecule has 0 aromatic carbocycles. The molecule has 0 unspecified atom stereocenters. The zero-order chi connectivity index (χ0) is 29.9. The maximum Gasteiger partial charge on any atom is 0.143 e. The molecule has 0 amide bonds. The van der Waals surface area contributed by atoms with Gasteiger partial charge in [-0.05, 0) is 47.4 Å². The van der Waals surface area contributed by atoms with Crippen molar-refractivity contribution >= 4 is 22.1 Å². The lowest BCUT2D eigenvalue weighted by molar-refractivity contribution is 0.810. The highest BCUT2D eigenvalue weighted by Crippen LogP contribution is 2.22. The molecule has 6 rings (SSSR count). The van der Waals surface area contributed by atoms with Crippen LogP contribution in [0.25, 0.3) is 22.1 Å². The Kier molecular flexibility index (Phi) is 11.3. The largest absolute Gasteiger partial charge is 0.358 e. The maximum absolute atomic E-state index is 4.30. The van der Waals surface area contributed by atoms with E-state index in [0.29, 0.717) is 23.7 Å². The van der Waals surface area contributed by atoms with Crippen LogP contribution in [-0.2, 0) is 7.05 Å². The number of nitrogens with one attached hydrogen (secondary N) is 3. The van der Waals surface area contributed by atoms with E-state index in [1.54, 1.807) is 18.9 Å². The van der Waals surface area contributed by atoms with Crippen LogP contribution >= 0.6 is 0 Å². The van der Waals surface area contributed by atoms with Crippen LogP contribution in [0.4, 0.5) is 0 Å². The first-order chi connectivity index (χ1) is 19.6. The van der Waals surface area contributed by atoms with Crippen LogP contribution in [0, 0.1) is 0 Å². The van der Waals surface area contributed by atoms with Crippen molar-refractivity contribution < 1.29 is 0 Å². The Morgan fingerprint density at radius 1 is 0.732 bits per heavy atom. The van der Waals surface area contributed by atoms with E-state index >= 15 is 0 Å². The summed E-state index contributed by atoms with van der Waals surface area (Å²) < 4.78 is 2.02. The Bertz CT molecular complexity index is 1520. The van der Waals surface area contributed by atoms with Crippen molar-refractivity contribution in [2.75, 3.05) is 0 Å². The minimum absolute atomic E-state index is 0.439. The average molecular weight is 557 g/mol. The van der Waals surface area contributed by atoms with Gasteiger partial charge in [-0.2, -0.15) is 10.2 Å². The third-order valence-corrected chi connectivity index (χ3v) is 6.49. The first kappa shape index (κ1) is 31.2. The van der Waals surface area contributed by atoms with Gasteiger partial charge >= 0.3 is 0 Å². The summed E-state index contributed by atoms with van der Waals surface area (Å²) in [7, 11) is 2.00. The number of nitrogens with zero attached hydrogens (tertiary/aromatic N) is 7. The van der Waals surface area contributed by atoms with Gasteiger partial charge in [-0.3, -0.25) is 10.2 Å². The molecule has 41 heavy (non-hydrogen) atoms. The third kappa shape index (κ3) is 8.57. The highest BCUT2D eigenvalue weighted by atomic mass is 15.1. The van der Waals surface area contributed by atoms with Crippen molar-refractivity contribution in [3.8, 4) is 0 Å². The van der Waals surface area contributed by atoms with E-state index in [-0.39, 0.29) is 0 Å². The molecule has 0 aliphatic carbocycles. The van der Waals surface area contributed by atoms with Crippen molar-refractivity contribution in [3.05, 3.63) is 84.5 Å². The lowest BCUT2D eigenvalue weighted by Crippen LogP contribution is -1.96. The minimum Gasteiger partial charge on any atom is -0.358 e. The summed E-state index contributed by atoms with van der Waals surface area (Å²) in [6.45, 7) is 17.1. The van der Waals surface area contributed by atoms with Gasteiger partial charge in [0.15, 0.2) is 0 Å². The molecule has 0 fully saturated rings. The molecule has 0 saturated heterocycles. The Balaban J connectivity index is 0.000000154. The van der Waals surface area contributed by atoms with Gasteiger partial charge in [0.05, 0.1) is 28.6 Å². The van der Waals surface area contributed by atoms with E-state index < -0.39 is 0 Å². The third-order valence-electron chi connectivity index (χ3n) is 6.49. The maximum atomic E-state index is 4.30. The standard InChI is InChI=1S/C10H13N3.C9H11N3.2C6H10N2/c1-7(2)9-8-4-5-13(3)10(8)12-6-11-9;1-6(2)8-9-7(3-4-10-9)11-5-12-8;1-5(2)6-3-7-8-4-6;1-5(2)6-3-4-7-8-6/h4-7H,1-3H3;3-6,10H,1-2H3;2*3-5H,1-2H3,(H,7,8). The quantitative estimate of drug-likeness (QED) is 0.210. The molecule has 0 aliphatic heterocycles. The van der Waals surface area contributed by atoms with Crippen LogP contribution < -0.4 is 0 Å². The number of hydrogen-bond donors (Lipinski definition) is 3. The van der Waals surface area contributed by atoms with Gasteiger partial charge in [-0.25, -0.2) is 19.9 Å². The Labute approximate surface area is 242 Å². The monoisotopic (exact) mass is 556 g/mol. The summed E-state index contributed by atoms with van der Waals surface area (Å²) in [5.74, 6) is 2.05. The Morgan fingerprint density at radius 3 is 1.98 bits per heavy atom. The second-order valence-corrected chi connectivity index (χ2v) is 11.1. The SMILES string of the molecule is CC(C)c1ccn[nH]1.CC(C)c1cn[nH]c1.CC(C)c1ncnc2c1ccn2C.CC(C)c1ncnc2cc[nH]c12. The molecule has 6 heterocycles. The van der Waals surface area contributed by atoms with Gasteiger partial charge < -0.3 is 9.55 Å². The number of H-pyrrole nitrogens is 3. The number of aryl methyl sites for hydroxylation is 1. The minimum atomic E-state index is 0.439. The van der Waals surface area contributed by atoms with Crippen LogP contribution in [-0.4, -0.2) is 49.9 Å². The number of aromatic nitrogens is 10. The molecule has 10 heteroatoms. The number of hydrogen-bond acceptors (Lipinski definition) is 6. The van der Waals surface area contributed by atoms with Crippen molar-refractivity contribution in [2.45, 2.75) is 79.1 Å². The van der Waals surface area contributed by atoms with Crippen molar-refractivity contribution in [1.29, 1.82) is 0 Å². The van der Waals surface area contributed by atoms with Crippen molar-refractivity contribution in [1.82, 2.24) is 49.9 Å². The lowest BCUT2D eigenvalue weighted by Gasteiger charge is -2.04. The molecule has 0 aliphatic rings. The smallest absolute Gasteiger partial charge is 0.143 e. The molecule has 218 valence electrons. The van der Waals surface area contributed by atoms with Crippen LogP contribution in [0.15, 0.2) is 61.8 Å². The second-order valence-electron chi connectivity index (χ2n) is 11.1. The van der Waals surface area contributed by atoms with Crippen molar-refractivity contribution in [3.63, 3.8) is 0 Å². The van der Waals surface area contributed by atoms with E-state index in [1.165, 1.54) is 16.6 Å². The molecule has 0 radical (unpaired) electrons. The molecular formula is C31H44N10. The van der Waals surface area contributed by atoms with Gasteiger partial charge in [0.1, 0.15) is 18.3 Å². The topological polar surface area (TPSA) is 130 Å². The Morgan fingerprint density at radius 2 is 1.44 bits per heavy atom. The highest BCUT2D eigenvalue weighted by molar-refractivity contribution is 5.79. The van der Waals surface area contributed by atoms with Gasteiger partial charge in [0.2, 0.25) is 0 Å². The fraction of sp³-hybridized carbons (Fsp3) is 0.419. The van der Waals surface area contributed by atoms with E-state index in [0.717, 1.165) is 28.1 Å². The van der Waals surface area contributed by atoms with E-state index in [9.17, 15) is 0 Å². The molecule has 0 atom stereocenters. The molecular weight excluding hydrogens is 512 g/mol. The molecule has 0 bridgehead atoms. The summed E-state index contributed by atoms with van der Waals surface area (Å²) in [4.78, 5) is 20.1. The van der Waals surface area contributed by atoms with Crippen LogP contribution in [0.5, 0.6) is 0 Å². The van der Waals surface area contributed by atoms with Gasteiger partial charge in [0, 0.05) is 42.9 Å². The molecule has 0 spiro atoms. The van der Waals surface area contributed by atoms with Crippen molar-refractivity contribution in [2.24, 2.45) is 7.05 Å². The first-order valence-corrected chi connectivity index (χ1v) is 14.1. The summed E-state index contributed by atoms with van der Waals surface area (Å²) in [5.41, 5.74) is 7.76. The van der Waals surface area contributed by atoms with Gasteiger partial charge in [-0.15, -0.1) is 0 Å². The zero-order valence-electron chi connectivity index (χ0n) is 25.7.